The van der Waals surface area contributed by atoms with Gasteiger partial charge in [-0.25, -0.2) is 9.97 Å². The topological polar surface area (TPSA) is 41.1 Å². The molecule has 1 aromatic heterocycles. The third kappa shape index (κ3) is 3.90. The van der Waals surface area contributed by atoms with Crippen molar-refractivity contribution in [3.8, 4) is 0 Å². The van der Waals surface area contributed by atoms with Crippen molar-refractivity contribution in [2.24, 2.45) is 5.92 Å². The van der Waals surface area contributed by atoms with Gasteiger partial charge in [0, 0.05) is 24.3 Å². The van der Waals surface area contributed by atoms with Crippen molar-refractivity contribution in [3.63, 3.8) is 0 Å². The molecule has 2 atom stereocenters. The van der Waals surface area contributed by atoms with Crippen molar-refractivity contribution in [2.75, 3.05) is 18.4 Å². The molecule has 1 fully saturated rings. The SMILES string of the molecule is CCNc1cc(C)nc(CN2CCC(C)CC2C)n1. The smallest absolute Gasteiger partial charge is 0.144 e. The fraction of sp³-hybridized carbons (Fsp3) is 0.733. The molecule has 1 saturated heterocycles. The fourth-order valence-corrected chi connectivity index (χ4v) is 2.84. The van der Waals surface area contributed by atoms with Gasteiger partial charge in [-0.15, -0.1) is 0 Å². The van der Waals surface area contributed by atoms with E-state index >= 15 is 0 Å². The molecule has 2 rings (SSSR count). The van der Waals surface area contributed by atoms with Gasteiger partial charge in [-0.1, -0.05) is 6.92 Å². The molecule has 1 aliphatic heterocycles. The molecule has 0 saturated carbocycles. The summed E-state index contributed by atoms with van der Waals surface area (Å²) in [7, 11) is 0. The van der Waals surface area contributed by atoms with Gasteiger partial charge >= 0.3 is 0 Å². The number of nitrogens with one attached hydrogen (secondary N) is 1. The number of aryl methyl sites for hydroxylation is 1. The molecule has 4 nitrogen and oxygen atoms in total. The summed E-state index contributed by atoms with van der Waals surface area (Å²) in [6, 6.07) is 2.64. The third-order valence-corrected chi connectivity index (χ3v) is 3.88. The van der Waals surface area contributed by atoms with Crippen molar-refractivity contribution >= 4 is 5.82 Å². The van der Waals surface area contributed by atoms with Crippen LogP contribution in [0.2, 0.25) is 0 Å². The Hall–Kier alpha value is -1.16. The van der Waals surface area contributed by atoms with Gasteiger partial charge in [-0.3, -0.25) is 4.90 Å². The molecule has 2 heterocycles. The summed E-state index contributed by atoms with van der Waals surface area (Å²) < 4.78 is 0. The lowest BCUT2D eigenvalue weighted by Gasteiger charge is -2.36. The molecule has 19 heavy (non-hydrogen) atoms. The van der Waals surface area contributed by atoms with Crippen molar-refractivity contribution < 1.29 is 0 Å². The number of aromatic nitrogens is 2. The molecule has 2 unspecified atom stereocenters. The van der Waals surface area contributed by atoms with Crippen molar-refractivity contribution in [3.05, 3.63) is 17.6 Å². The van der Waals surface area contributed by atoms with Gasteiger partial charge in [0.15, 0.2) is 0 Å². The molecule has 4 heteroatoms. The molecule has 0 aromatic carbocycles. The number of hydrogen-bond donors (Lipinski definition) is 1. The van der Waals surface area contributed by atoms with E-state index in [2.05, 4.69) is 41.0 Å². The van der Waals surface area contributed by atoms with E-state index in [1.54, 1.807) is 0 Å². The maximum absolute atomic E-state index is 4.61. The monoisotopic (exact) mass is 262 g/mol. The second kappa shape index (κ2) is 6.33. The average molecular weight is 262 g/mol. The molecular weight excluding hydrogens is 236 g/mol. The summed E-state index contributed by atoms with van der Waals surface area (Å²) in [5.41, 5.74) is 1.04. The zero-order valence-electron chi connectivity index (χ0n) is 12.6. The molecule has 0 spiro atoms. The van der Waals surface area contributed by atoms with E-state index in [0.29, 0.717) is 6.04 Å². The second-order valence-electron chi connectivity index (χ2n) is 5.79. The van der Waals surface area contributed by atoms with Gasteiger partial charge in [0.2, 0.25) is 0 Å². The van der Waals surface area contributed by atoms with Crippen LogP contribution in [0.25, 0.3) is 0 Å². The molecule has 1 aliphatic rings. The first-order valence-corrected chi connectivity index (χ1v) is 7.41. The van der Waals surface area contributed by atoms with Gasteiger partial charge < -0.3 is 5.32 Å². The highest BCUT2D eigenvalue weighted by Crippen LogP contribution is 2.23. The molecule has 1 aromatic rings. The van der Waals surface area contributed by atoms with Crippen molar-refractivity contribution in [1.29, 1.82) is 0 Å². The number of nitrogens with zero attached hydrogens (tertiary/aromatic N) is 3. The highest BCUT2D eigenvalue weighted by Gasteiger charge is 2.23. The minimum Gasteiger partial charge on any atom is -0.370 e. The largest absolute Gasteiger partial charge is 0.370 e. The van der Waals surface area contributed by atoms with Crippen LogP contribution < -0.4 is 5.32 Å². The molecule has 0 bridgehead atoms. The maximum Gasteiger partial charge on any atom is 0.144 e. The number of anilines is 1. The van der Waals surface area contributed by atoms with Crippen molar-refractivity contribution in [1.82, 2.24) is 14.9 Å². The minimum absolute atomic E-state index is 0.635. The summed E-state index contributed by atoms with van der Waals surface area (Å²) >= 11 is 0. The predicted molar refractivity (Wildman–Crippen MR) is 79.2 cm³/mol. The molecule has 106 valence electrons. The lowest BCUT2D eigenvalue weighted by molar-refractivity contribution is 0.119. The molecule has 0 aliphatic carbocycles. The molecular formula is C15H26N4. The quantitative estimate of drug-likeness (QED) is 0.906. The Morgan fingerprint density at radius 3 is 2.84 bits per heavy atom. The van der Waals surface area contributed by atoms with Crippen molar-refractivity contribution in [2.45, 2.75) is 53.1 Å². The molecule has 1 N–H and O–H groups in total. The van der Waals surface area contributed by atoms with Gasteiger partial charge in [0.25, 0.3) is 0 Å². The van der Waals surface area contributed by atoms with Crippen LogP contribution in [0.3, 0.4) is 0 Å². The van der Waals surface area contributed by atoms with Gasteiger partial charge in [-0.2, -0.15) is 0 Å². The Morgan fingerprint density at radius 1 is 1.37 bits per heavy atom. The van der Waals surface area contributed by atoms with Crippen LogP contribution in [0.4, 0.5) is 5.82 Å². The highest BCUT2D eigenvalue weighted by atomic mass is 15.2. The van der Waals surface area contributed by atoms with E-state index in [4.69, 9.17) is 0 Å². The number of rotatable bonds is 4. The normalized spacial score (nSPS) is 24.4. The Bertz CT molecular complexity index is 419. The van der Waals surface area contributed by atoms with Crippen LogP contribution in [0.1, 0.15) is 45.1 Å². The van der Waals surface area contributed by atoms with Crippen LogP contribution >= 0.6 is 0 Å². The lowest BCUT2D eigenvalue weighted by Crippen LogP contribution is -2.40. The fourth-order valence-electron chi connectivity index (χ4n) is 2.84. The maximum atomic E-state index is 4.61. The minimum atomic E-state index is 0.635. The van der Waals surface area contributed by atoms with E-state index in [1.807, 2.05) is 13.0 Å². The predicted octanol–water partition coefficient (Wildman–Crippen LogP) is 2.84. The first-order valence-electron chi connectivity index (χ1n) is 7.41. The number of piperidine rings is 1. The molecule has 0 radical (unpaired) electrons. The Balaban J connectivity index is 2.05. The van der Waals surface area contributed by atoms with E-state index in [1.165, 1.54) is 12.8 Å². The van der Waals surface area contributed by atoms with E-state index in [9.17, 15) is 0 Å². The Kier molecular flexibility index (Phi) is 4.75. The zero-order valence-corrected chi connectivity index (χ0v) is 12.6. The van der Waals surface area contributed by atoms with Crippen LogP contribution in [-0.2, 0) is 6.54 Å². The average Bonchev–Trinajstić information content (AvgIpc) is 2.32. The third-order valence-electron chi connectivity index (χ3n) is 3.88. The number of hydrogen-bond acceptors (Lipinski definition) is 4. The van der Waals surface area contributed by atoms with Crippen LogP contribution in [0.5, 0.6) is 0 Å². The van der Waals surface area contributed by atoms with E-state index in [0.717, 1.165) is 42.9 Å². The summed E-state index contributed by atoms with van der Waals surface area (Å²) in [6.45, 7) is 11.7. The Labute approximate surface area is 116 Å². The zero-order chi connectivity index (χ0) is 13.8. The van der Waals surface area contributed by atoms with Crippen LogP contribution in [-0.4, -0.2) is 34.0 Å². The second-order valence-corrected chi connectivity index (χ2v) is 5.79. The summed E-state index contributed by atoms with van der Waals surface area (Å²) in [5.74, 6) is 2.74. The summed E-state index contributed by atoms with van der Waals surface area (Å²) in [5, 5.41) is 3.27. The van der Waals surface area contributed by atoms with E-state index in [-0.39, 0.29) is 0 Å². The van der Waals surface area contributed by atoms with Crippen LogP contribution in [0.15, 0.2) is 6.07 Å². The lowest BCUT2D eigenvalue weighted by atomic mass is 9.93. The summed E-state index contributed by atoms with van der Waals surface area (Å²) in [4.78, 5) is 11.7. The van der Waals surface area contributed by atoms with Gasteiger partial charge in [0.1, 0.15) is 11.6 Å². The highest BCUT2D eigenvalue weighted by molar-refractivity contribution is 5.35. The first kappa shape index (κ1) is 14.3. The first-order chi connectivity index (χ1) is 9.08. The summed E-state index contributed by atoms with van der Waals surface area (Å²) in [6.07, 6.45) is 2.57. The standard InChI is InChI=1S/C15H26N4/c1-5-16-14-9-12(3)17-15(18-14)10-19-7-6-11(2)8-13(19)4/h9,11,13H,5-8,10H2,1-4H3,(H,16,17,18). The Morgan fingerprint density at radius 2 is 2.16 bits per heavy atom. The van der Waals surface area contributed by atoms with Gasteiger partial charge in [0.05, 0.1) is 6.54 Å². The molecule has 0 amide bonds. The van der Waals surface area contributed by atoms with Gasteiger partial charge in [-0.05, 0) is 46.1 Å². The van der Waals surface area contributed by atoms with Crippen LogP contribution in [0, 0.1) is 12.8 Å². The van der Waals surface area contributed by atoms with E-state index < -0.39 is 0 Å². The number of likely N-dealkylation sites (tertiary alicyclic amines) is 1.